The molecule has 0 radical (unpaired) electrons. The Kier molecular flexibility index (Phi) is 2.38. The molecule has 1 fully saturated rings. The first-order valence-electron chi connectivity index (χ1n) is 5.69. The molecule has 0 spiro atoms. The zero-order valence-corrected chi connectivity index (χ0v) is 8.79. The van der Waals surface area contributed by atoms with E-state index in [9.17, 15) is 0 Å². The van der Waals surface area contributed by atoms with Crippen LogP contribution in [-0.4, -0.2) is 23.1 Å². The zero-order valence-electron chi connectivity index (χ0n) is 8.79. The second-order valence-electron chi connectivity index (χ2n) is 4.33. The summed E-state index contributed by atoms with van der Waals surface area (Å²) in [6.07, 6.45) is 4.35. The van der Waals surface area contributed by atoms with Crippen LogP contribution in [0, 0.1) is 0 Å². The molecular formula is C11H16N4. The van der Waals surface area contributed by atoms with Gasteiger partial charge in [0.1, 0.15) is 5.82 Å². The van der Waals surface area contributed by atoms with Gasteiger partial charge in [0.05, 0.1) is 5.69 Å². The van der Waals surface area contributed by atoms with Crippen molar-refractivity contribution in [2.24, 2.45) is 0 Å². The van der Waals surface area contributed by atoms with Gasteiger partial charge >= 0.3 is 0 Å². The van der Waals surface area contributed by atoms with Crippen molar-refractivity contribution in [3.05, 3.63) is 23.3 Å². The third kappa shape index (κ3) is 1.75. The SMILES string of the molecule is c1nc(C2CCNCC2)nc2c1CNC2. The second kappa shape index (κ2) is 3.87. The van der Waals surface area contributed by atoms with Crippen molar-refractivity contribution >= 4 is 0 Å². The fraction of sp³-hybridized carbons (Fsp3) is 0.636. The Morgan fingerprint density at radius 3 is 2.87 bits per heavy atom. The maximum absolute atomic E-state index is 4.68. The van der Waals surface area contributed by atoms with Gasteiger partial charge in [-0.1, -0.05) is 0 Å². The van der Waals surface area contributed by atoms with Crippen LogP contribution in [0.4, 0.5) is 0 Å². The molecule has 0 aliphatic carbocycles. The molecule has 3 rings (SSSR count). The predicted octanol–water partition coefficient (Wildman–Crippen LogP) is 0.547. The summed E-state index contributed by atoms with van der Waals surface area (Å²) in [5, 5.41) is 6.67. The molecule has 0 amide bonds. The number of hydrogen-bond donors (Lipinski definition) is 2. The van der Waals surface area contributed by atoms with Crippen LogP contribution in [0.25, 0.3) is 0 Å². The van der Waals surface area contributed by atoms with E-state index in [1.807, 2.05) is 6.20 Å². The minimum Gasteiger partial charge on any atom is -0.317 e. The van der Waals surface area contributed by atoms with E-state index in [4.69, 9.17) is 0 Å². The summed E-state index contributed by atoms with van der Waals surface area (Å²) >= 11 is 0. The lowest BCUT2D eigenvalue weighted by molar-refractivity contribution is 0.444. The number of fused-ring (bicyclic) bond motifs is 1. The van der Waals surface area contributed by atoms with Gasteiger partial charge in [-0.3, -0.25) is 0 Å². The number of rotatable bonds is 1. The molecule has 80 valence electrons. The van der Waals surface area contributed by atoms with Crippen LogP contribution >= 0.6 is 0 Å². The fourth-order valence-corrected chi connectivity index (χ4v) is 2.35. The van der Waals surface area contributed by atoms with E-state index >= 15 is 0 Å². The van der Waals surface area contributed by atoms with E-state index in [2.05, 4.69) is 20.6 Å². The first kappa shape index (κ1) is 9.24. The molecule has 15 heavy (non-hydrogen) atoms. The molecule has 0 aromatic carbocycles. The van der Waals surface area contributed by atoms with Crippen LogP contribution in [0.5, 0.6) is 0 Å². The monoisotopic (exact) mass is 204 g/mol. The molecule has 2 aliphatic heterocycles. The maximum atomic E-state index is 4.68. The van der Waals surface area contributed by atoms with Gasteiger partial charge in [0, 0.05) is 30.8 Å². The van der Waals surface area contributed by atoms with E-state index in [-0.39, 0.29) is 0 Å². The summed E-state index contributed by atoms with van der Waals surface area (Å²) in [5.41, 5.74) is 2.48. The average molecular weight is 204 g/mol. The minimum absolute atomic E-state index is 0.567. The molecule has 0 bridgehead atoms. The van der Waals surface area contributed by atoms with Gasteiger partial charge in [-0.05, 0) is 25.9 Å². The molecule has 2 aliphatic rings. The first-order chi connectivity index (χ1) is 7.43. The molecule has 3 heterocycles. The van der Waals surface area contributed by atoms with Gasteiger partial charge in [-0.2, -0.15) is 0 Å². The molecule has 4 nitrogen and oxygen atoms in total. The standard InChI is InChI=1S/C11H16N4/c1-3-12-4-2-8(1)11-14-6-9-5-13-7-10(9)15-11/h6,8,12-13H,1-5,7H2. The van der Waals surface area contributed by atoms with Crippen LogP contribution in [-0.2, 0) is 13.1 Å². The molecule has 0 saturated carbocycles. The first-order valence-corrected chi connectivity index (χ1v) is 5.69. The number of piperidine rings is 1. The average Bonchev–Trinajstić information content (AvgIpc) is 2.77. The van der Waals surface area contributed by atoms with E-state index in [0.29, 0.717) is 5.92 Å². The highest BCUT2D eigenvalue weighted by molar-refractivity contribution is 5.22. The van der Waals surface area contributed by atoms with Crippen LogP contribution in [0.1, 0.15) is 35.8 Å². The summed E-state index contributed by atoms with van der Waals surface area (Å²) in [6.45, 7) is 4.05. The van der Waals surface area contributed by atoms with Gasteiger partial charge in [0.25, 0.3) is 0 Å². The van der Waals surface area contributed by atoms with E-state index in [0.717, 1.165) is 32.0 Å². The minimum atomic E-state index is 0.567. The Bertz CT molecular complexity index is 358. The van der Waals surface area contributed by atoms with E-state index in [1.54, 1.807) is 0 Å². The van der Waals surface area contributed by atoms with E-state index in [1.165, 1.54) is 24.1 Å². The summed E-state index contributed by atoms with van der Waals surface area (Å²) in [5.74, 6) is 1.62. The topological polar surface area (TPSA) is 49.8 Å². The lowest BCUT2D eigenvalue weighted by Crippen LogP contribution is -2.27. The Morgan fingerprint density at radius 2 is 2.00 bits per heavy atom. The van der Waals surface area contributed by atoms with Gasteiger partial charge in [0.2, 0.25) is 0 Å². The highest BCUT2D eigenvalue weighted by Crippen LogP contribution is 2.23. The van der Waals surface area contributed by atoms with Gasteiger partial charge in [-0.25, -0.2) is 9.97 Å². The van der Waals surface area contributed by atoms with Crippen molar-refractivity contribution < 1.29 is 0 Å². The number of hydrogen-bond acceptors (Lipinski definition) is 4. The molecule has 2 N–H and O–H groups in total. The highest BCUT2D eigenvalue weighted by atomic mass is 15.0. The van der Waals surface area contributed by atoms with Crippen molar-refractivity contribution in [3.63, 3.8) is 0 Å². The van der Waals surface area contributed by atoms with Crippen LogP contribution in [0.15, 0.2) is 6.20 Å². The van der Waals surface area contributed by atoms with Crippen molar-refractivity contribution in [1.82, 2.24) is 20.6 Å². The Balaban J connectivity index is 1.85. The predicted molar refractivity (Wildman–Crippen MR) is 57.4 cm³/mol. The van der Waals surface area contributed by atoms with Gasteiger partial charge in [0.15, 0.2) is 0 Å². The largest absolute Gasteiger partial charge is 0.317 e. The summed E-state index contributed by atoms with van der Waals surface area (Å²) in [7, 11) is 0. The smallest absolute Gasteiger partial charge is 0.131 e. The molecular weight excluding hydrogens is 188 g/mol. The normalized spacial score (nSPS) is 21.6. The second-order valence-corrected chi connectivity index (χ2v) is 4.33. The van der Waals surface area contributed by atoms with Gasteiger partial charge < -0.3 is 10.6 Å². The maximum Gasteiger partial charge on any atom is 0.131 e. The number of nitrogens with one attached hydrogen (secondary N) is 2. The molecule has 4 heteroatoms. The van der Waals surface area contributed by atoms with Crippen molar-refractivity contribution in [2.75, 3.05) is 13.1 Å². The molecule has 1 aromatic rings. The zero-order chi connectivity index (χ0) is 10.1. The lowest BCUT2D eigenvalue weighted by atomic mass is 9.97. The van der Waals surface area contributed by atoms with Crippen molar-refractivity contribution in [1.29, 1.82) is 0 Å². The van der Waals surface area contributed by atoms with E-state index < -0.39 is 0 Å². The Morgan fingerprint density at radius 1 is 1.13 bits per heavy atom. The highest BCUT2D eigenvalue weighted by Gasteiger charge is 2.20. The van der Waals surface area contributed by atoms with Crippen molar-refractivity contribution in [3.8, 4) is 0 Å². The van der Waals surface area contributed by atoms with Crippen LogP contribution in [0.2, 0.25) is 0 Å². The Labute approximate surface area is 89.5 Å². The van der Waals surface area contributed by atoms with Crippen LogP contribution in [0.3, 0.4) is 0 Å². The third-order valence-corrected chi connectivity index (χ3v) is 3.29. The third-order valence-electron chi connectivity index (χ3n) is 3.29. The summed E-state index contributed by atoms with van der Waals surface area (Å²) < 4.78 is 0. The Hall–Kier alpha value is -1.00. The molecule has 1 saturated heterocycles. The fourth-order valence-electron chi connectivity index (χ4n) is 2.35. The van der Waals surface area contributed by atoms with Crippen molar-refractivity contribution in [2.45, 2.75) is 31.8 Å². The summed E-state index contributed by atoms with van der Waals surface area (Å²) in [4.78, 5) is 9.17. The summed E-state index contributed by atoms with van der Waals surface area (Å²) in [6, 6.07) is 0. The quantitative estimate of drug-likeness (QED) is 0.701. The van der Waals surface area contributed by atoms with Gasteiger partial charge in [-0.15, -0.1) is 0 Å². The molecule has 0 unspecified atom stereocenters. The number of nitrogens with zero attached hydrogens (tertiary/aromatic N) is 2. The molecule has 0 atom stereocenters. The number of aromatic nitrogens is 2. The lowest BCUT2D eigenvalue weighted by Gasteiger charge is -2.21. The van der Waals surface area contributed by atoms with Crippen LogP contribution < -0.4 is 10.6 Å². The molecule has 1 aromatic heterocycles.